The number of hydrogen-bond donors (Lipinski definition) is 0. The van der Waals surface area contributed by atoms with Gasteiger partial charge in [-0.1, -0.05) is 18.2 Å². The standard InChI is InChI=1S/C19H18N6O/c1-3-24(14(2)16-9-7-15(12-20)8-10-16)19(26)17-5-4-6-18(11-17)25-13-21-22-23-25/h4-11,13-14H,3H2,1-2H3. The van der Waals surface area contributed by atoms with Gasteiger partial charge >= 0.3 is 0 Å². The zero-order valence-corrected chi connectivity index (χ0v) is 14.6. The van der Waals surface area contributed by atoms with Crippen molar-refractivity contribution in [3.63, 3.8) is 0 Å². The molecule has 0 spiro atoms. The molecule has 7 heteroatoms. The number of rotatable bonds is 5. The minimum atomic E-state index is -0.114. The average molecular weight is 346 g/mol. The van der Waals surface area contributed by atoms with Crippen LogP contribution in [0.15, 0.2) is 54.9 Å². The van der Waals surface area contributed by atoms with Crippen LogP contribution in [0.1, 0.15) is 41.4 Å². The Kier molecular flexibility index (Phi) is 5.04. The van der Waals surface area contributed by atoms with Gasteiger partial charge in [0.2, 0.25) is 0 Å². The van der Waals surface area contributed by atoms with Gasteiger partial charge in [-0.2, -0.15) is 5.26 Å². The predicted octanol–water partition coefficient (Wildman–Crippen LogP) is 2.76. The first kappa shape index (κ1) is 17.3. The van der Waals surface area contributed by atoms with Gasteiger partial charge in [0.15, 0.2) is 0 Å². The molecule has 26 heavy (non-hydrogen) atoms. The first-order valence-electron chi connectivity index (χ1n) is 8.28. The van der Waals surface area contributed by atoms with E-state index in [1.54, 1.807) is 29.2 Å². The predicted molar refractivity (Wildman–Crippen MR) is 95.4 cm³/mol. The van der Waals surface area contributed by atoms with Gasteiger partial charge in [0, 0.05) is 12.1 Å². The molecule has 1 amide bonds. The molecular weight excluding hydrogens is 328 g/mol. The van der Waals surface area contributed by atoms with E-state index in [0.717, 1.165) is 11.3 Å². The average Bonchev–Trinajstić information content (AvgIpc) is 3.23. The lowest BCUT2D eigenvalue weighted by molar-refractivity contribution is 0.0702. The number of tetrazole rings is 1. The number of carbonyl (C=O) groups is 1. The summed E-state index contributed by atoms with van der Waals surface area (Å²) >= 11 is 0. The second-order valence-electron chi connectivity index (χ2n) is 5.81. The normalized spacial score (nSPS) is 11.6. The Morgan fingerprint density at radius 3 is 2.65 bits per heavy atom. The number of carbonyl (C=O) groups excluding carboxylic acids is 1. The number of benzene rings is 2. The number of nitrogens with zero attached hydrogens (tertiary/aromatic N) is 6. The Hall–Kier alpha value is -3.53. The van der Waals surface area contributed by atoms with Crippen LogP contribution < -0.4 is 0 Å². The summed E-state index contributed by atoms with van der Waals surface area (Å²) in [4.78, 5) is 14.8. The van der Waals surface area contributed by atoms with E-state index in [9.17, 15) is 4.79 Å². The van der Waals surface area contributed by atoms with Crippen molar-refractivity contribution in [1.82, 2.24) is 25.1 Å². The molecule has 7 nitrogen and oxygen atoms in total. The van der Waals surface area contributed by atoms with Gasteiger partial charge in [-0.3, -0.25) is 4.79 Å². The summed E-state index contributed by atoms with van der Waals surface area (Å²) in [7, 11) is 0. The Balaban J connectivity index is 1.86. The maximum Gasteiger partial charge on any atom is 0.254 e. The van der Waals surface area contributed by atoms with E-state index in [1.165, 1.54) is 11.0 Å². The van der Waals surface area contributed by atoms with Gasteiger partial charge in [0.1, 0.15) is 6.33 Å². The molecule has 0 saturated carbocycles. The highest BCUT2D eigenvalue weighted by atomic mass is 16.2. The van der Waals surface area contributed by atoms with Gasteiger partial charge in [-0.15, -0.1) is 5.10 Å². The fourth-order valence-electron chi connectivity index (χ4n) is 2.84. The summed E-state index contributed by atoms with van der Waals surface area (Å²) in [5, 5.41) is 20.0. The van der Waals surface area contributed by atoms with Crippen LogP contribution in [0.3, 0.4) is 0 Å². The fraction of sp³-hybridized carbons (Fsp3) is 0.211. The largest absolute Gasteiger partial charge is 0.332 e. The fourth-order valence-corrected chi connectivity index (χ4v) is 2.84. The summed E-state index contributed by atoms with van der Waals surface area (Å²) in [6.45, 7) is 4.49. The quantitative estimate of drug-likeness (QED) is 0.709. The van der Waals surface area contributed by atoms with E-state index < -0.39 is 0 Å². The van der Waals surface area contributed by atoms with Crippen molar-refractivity contribution in [2.24, 2.45) is 0 Å². The first-order valence-corrected chi connectivity index (χ1v) is 8.28. The number of nitriles is 1. The van der Waals surface area contributed by atoms with Gasteiger partial charge in [0.25, 0.3) is 5.91 Å². The minimum Gasteiger partial charge on any atom is -0.332 e. The third-order valence-electron chi connectivity index (χ3n) is 4.30. The van der Waals surface area contributed by atoms with E-state index in [0.29, 0.717) is 17.7 Å². The molecule has 0 bridgehead atoms. The maximum atomic E-state index is 13.0. The van der Waals surface area contributed by atoms with Crippen molar-refractivity contribution in [1.29, 1.82) is 5.26 Å². The second kappa shape index (κ2) is 7.57. The van der Waals surface area contributed by atoms with Crippen LogP contribution in [0.4, 0.5) is 0 Å². The molecule has 3 aromatic rings. The maximum absolute atomic E-state index is 13.0. The third-order valence-corrected chi connectivity index (χ3v) is 4.30. The molecule has 0 saturated heterocycles. The van der Waals surface area contributed by atoms with Crippen LogP contribution in [0.5, 0.6) is 0 Å². The van der Waals surface area contributed by atoms with E-state index in [4.69, 9.17) is 5.26 Å². The molecule has 1 aromatic heterocycles. The van der Waals surface area contributed by atoms with Gasteiger partial charge in [0.05, 0.1) is 23.4 Å². The molecule has 0 aliphatic carbocycles. The minimum absolute atomic E-state index is 0.0701. The van der Waals surface area contributed by atoms with E-state index in [1.807, 2.05) is 38.1 Å². The van der Waals surface area contributed by atoms with Crippen molar-refractivity contribution in [3.8, 4) is 11.8 Å². The highest BCUT2D eigenvalue weighted by Crippen LogP contribution is 2.23. The first-order chi connectivity index (χ1) is 12.6. The molecule has 130 valence electrons. The Morgan fingerprint density at radius 1 is 1.27 bits per heavy atom. The molecule has 0 aliphatic rings. The van der Waals surface area contributed by atoms with E-state index in [-0.39, 0.29) is 11.9 Å². The molecule has 1 unspecified atom stereocenters. The molecule has 0 N–H and O–H groups in total. The lowest BCUT2D eigenvalue weighted by atomic mass is 10.0. The lowest BCUT2D eigenvalue weighted by Crippen LogP contribution is -2.33. The van der Waals surface area contributed by atoms with Crippen molar-refractivity contribution >= 4 is 5.91 Å². The van der Waals surface area contributed by atoms with Crippen molar-refractivity contribution < 1.29 is 4.79 Å². The summed E-state index contributed by atoms with van der Waals surface area (Å²) in [6, 6.07) is 16.5. The second-order valence-corrected chi connectivity index (χ2v) is 5.81. The summed E-state index contributed by atoms with van der Waals surface area (Å²) < 4.78 is 1.51. The Bertz CT molecular complexity index is 927. The van der Waals surface area contributed by atoms with Crippen molar-refractivity contribution in [2.75, 3.05) is 6.54 Å². The summed E-state index contributed by atoms with van der Waals surface area (Å²) in [5.74, 6) is -0.0701. The van der Waals surface area contributed by atoms with Crippen LogP contribution in [0, 0.1) is 11.3 Å². The number of hydrogen-bond acceptors (Lipinski definition) is 5. The molecule has 0 radical (unpaired) electrons. The van der Waals surface area contributed by atoms with Crippen LogP contribution in [-0.2, 0) is 0 Å². The topological polar surface area (TPSA) is 87.7 Å². The van der Waals surface area contributed by atoms with E-state index in [2.05, 4.69) is 21.6 Å². The smallest absolute Gasteiger partial charge is 0.254 e. The molecule has 0 fully saturated rings. The van der Waals surface area contributed by atoms with Gasteiger partial charge in [-0.25, -0.2) is 4.68 Å². The van der Waals surface area contributed by atoms with Crippen molar-refractivity contribution in [2.45, 2.75) is 19.9 Å². The molecule has 1 heterocycles. The molecule has 3 rings (SSSR count). The Morgan fingerprint density at radius 2 is 2.04 bits per heavy atom. The summed E-state index contributed by atoms with van der Waals surface area (Å²) in [5.41, 5.74) is 2.88. The van der Waals surface area contributed by atoms with E-state index >= 15 is 0 Å². The van der Waals surface area contributed by atoms with Crippen LogP contribution in [0.25, 0.3) is 5.69 Å². The SMILES string of the molecule is CCN(C(=O)c1cccc(-n2cnnn2)c1)C(C)c1ccc(C#N)cc1. The molecule has 1 atom stereocenters. The van der Waals surface area contributed by atoms with Crippen LogP contribution >= 0.6 is 0 Å². The third kappa shape index (κ3) is 3.44. The highest BCUT2D eigenvalue weighted by Gasteiger charge is 2.21. The lowest BCUT2D eigenvalue weighted by Gasteiger charge is -2.28. The monoisotopic (exact) mass is 346 g/mol. The van der Waals surface area contributed by atoms with Crippen LogP contribution in [0.2, 0.25) is 0 Å². The highest BCUT2D eigenvalue weighted by molar-refractivity contribution is 5.95. The summed E-state index contributed by atoms with van der Waals surface area (Å²) in [6.07, 6.45) is 1.49. The van der Waals surface area contributed by atoms with Gasteiger partial charge < -0.3 is 4.90 Å². The number of amides is 1. The molecule has 0 aliphatic heterocycles. The zero-order chi connectivity index (χ0) is 18.5. The van der Waals surface area contributed by atoms with Gasteiger partial charge in [-0.05, 0) is 60.2 Å². The molecule has 2 aromatic carbocycles. The Labute approximate surface area is 151 Å². The van der Waals surface area contributed by atoms with Crippen LogP contribution in [-0.4, -0.2) is 37.6 Å². The zero-order valence-electron chi connectivity index (χ0n) is 14.6. The van der Waals surface area contributed by atoms with Crippen molar-refractivity contribution in [3.05, 3.63) is 71.5 Å². The molecular formula is C19H18N6O. The number of aromatic nitrogens is 4.